The van der Waals surface area contributed by atoms with Crippen LogP contribution in [0, 0.1) is 5.82 Å². The van der Waals surface area contributed by atoms with Crippen molar-refractivity contribution in [3.8, 4) is 11.5 Å². The molecule has 0 atom stereocenters. The van der Waals surface area contributed by atoms with E-state index in [0.29, 0.717) is 34.1 Å². The van der Waals surface area contributed by atoms with E-state index in [1.54, 1.807) is 12.1 Å². The zero-order valence-corrected chi connectivity index (χ0v) is 20.0. The average molecular weight is 522 g/mol. The number of amides is 1. The predicted molar refractivity (Wildman–Crippen MR) is 129 cm³/mol. The highest BCUT2D eigenvalue weighted by Crippen LogP contribution is 2.38. The molecule has 3 aromatic carbocycles. The van der Waals surface area contributed by atoms with E-state index in [-0.39, 0.29) is 18.1 Å². The fraction of sp³-hybridized carbons (Fsp3) is 0.208. The number of anilines is 2. The molecule has 0 saturated carbocycles. The SMILES string of the molecule is CCOc1cc(CNc2ccc(NC(C)=O)cc2)cc(Br)c1OCc1c(F)cccc1Cl. The van der Waals surface area contributed by atoms with Gasteiger partial charge in [0, 0.05) is 30.4 Å². The molecule has 3 aromatic rings. The molecule has 32 heavy (non-hydrogen) atoms. The van der Waals surface area contributed by atoms with Gasteiger partial charge in [-0.3, -0.25) is 4.79 Å². The first-order chi connectivity index (χ1) is 15.4. The number of carbonyl (C=O) groups excluding carboxylic acids is 1. The molecule has 0 unspecified atom stereocenters. The van der Waals surface area contributed by atoms with Gasteiger partial charge in [0.25, 0.3) is 0 Å². The van der Waals surface area contributed by atoms with Crippen LogP contribution in [0.4, 0.5) is 15.8 Å². The Hall–Kier alpha value is -2.77. The number of nitrogens with one attached hydrogen (secondary N) is 2. The lowest BCUT2D eigenvalue weighted by Crippen LogP contribution is -2.06. The van der Waals surface area contributed by atoms with Crippen LogP contribution in [-0.4, -0.2) is 12.5 Å². The third-order valence-corrected chi connectivity index (χ3v) is 5.44. The van der Waals surface area contributed by atoms with E-state index in [1.807, 2.05) is 43.3 Å². The Kier molecular flexibility index (Phi) is 8.36. The number of ether oxygens (including phenoxy) is 2. The second kappa shape index (κ2) is 11.2. The van der Waals surface area contributed by atoms with Gasteiger partial charge in [-0.05, 0) is 76.9 Å². The van der Waals surface area contributed by atoms with Crippen LogP contribution in [0.1, 0.15) is 25.0 Å². The number of hydrogen-bond acceptors (Lipinski definition) is 4. The Morgan fingerprint density at radius 2 is 1.81 bits per heavy atom. The van der Waals surface area contributed by atoms with Gasteiger partial charge in [0.15, 0.2) is 11.5 Å². The van der Waals surface area contributed by atoms with Crippen molar-refractivity contribution in [3.05, 3.63) is 81.0 Å². The lowest BCUT2D eigenvalue weighted by molar-refractivity contribution is -0.114. The highest BCUT2D eigenvalue weighted by atomic mass is 79.9. The van der Waals surface area contributed by atoms with Crippen molar-refractivity contribution in [3.63, 3.8) is 0 Å². The molecule has 3 rings (SSSR count). The van der Waals surface area contributed by atoms with Crippen LogP contribution in [0.15, 0.2) is 59.1 Å². The molecule has 0 radical (unpaired) electrons. The first-order valence-corrected chi connectivity index (χ1v) is 11.2. The Labute approximate surface area is 200 Å². The lowest BCUT2D eigenvalue weighted by atomic mass is 10.2. The lowest BCUT2D eigenvalue weighted by Gasteiger charge is -2.17. The average Bonchev–Trinajstić information content (AvgIpc) is 2.74. The Morgan fingerprint density at radius 3 is 2.47 bits per heavy atom. The molecule has 5 nitrogen and oxygen atoms in total. The number of hydrogen-bond donors (Lipinski definition) is 2. The van der Waals surface area contributed by atoms with E-state index in [2.05, 4.69) is 26.6 Å². The summed E-state index contributed by atoms with van der Waals surface area (Å²) in [6.07, 6.45) is 0. The fourth-order valence-electron chi connectivity index (χ4n) is 3.02. The topological polar surface area (TPSA) is 59.6 Å². The molecule has 8 heteroatoms. The second-order valence-corrected chi connectivity index (χ2v) is 8.20. The molecule has 0 aliphatic carbocycles. The molecule has 0 aliphatic rings. The molecule has 168 valence electrons. The maximum Gasteiger partial charge on any atom is 0.221 e. The van der Waals surface area contributed by atoms with Crippen LogP contribution in [-0.2, 0) is 17.9 Å². The summed E-state index contributed by atoms with van der Waals surface area (Å²) in [7, 11) is 0. The molecule has 0 fully saturated rings. The van der Waals surface area contributed by atoms with Gasteiger partial charge in [-0.1, -0.05) is 17.7 Å². The van der Waals surface area contributed by atoms with Gasteiger partial charge in [0.05, 0.1) is 16.1 Å². The summed E-state index contributed by atoms with van der Waals surface area (Å²) in [4.78, 5) is 11.1. The molecule has 0 heterocycles. The summed E-state index contributed by atoms with van der Waals surface area (Å²) in [6, 6.07) is 15.8. The minimum atomic E-state index is -0.420. The van der Waals surface area contributed by atoms with E-state index in [0.717, 1.165) is 16.9 Å². The van der Waals surface area contributed by atoms with Crippen molar-refractivity contribution in [2.24, 2.45) is 0 Å². The minimum absolute atomic E-state index is 0.0254. The zero-order chi connectivity index (χ0) is 23.1. The summed E-state index contributed by atoms with van der Waals surface area (Å²) in [5.41, 5.74) is 2.89. The zero-order valence-electron chi connectivity index (χ0n) is 17.7. The molecule has 0 bridgehead atoms. The third kappa shape index (κ3) is 6.37. The van der Waals surface area contributed by atoms with Gasteiger partial charge in [0.1, 0.15) is 12.4 Å². The van der Waals surface area contributed by atoms with Crippen LogP contribution in [0.25, 0.3) is 0 Å². The second-order valence-electron chi connectivity index (χ2n) is 6.94. The fourth-order valence-corrected chi connectivity index (χ4v) is 3.84. The maximum atomic E-state index is 14.1. The van der Waals surface area contributed by atoms with Gasteiger partial charge >= 0.3 is 0 Å². The predicted octanol–water partition coefficient (Wildman–Crippen LogP) is 6.79. The van der Waals surface area contributed by atoms with Gasteiger partial charge in [-0.15, -0.1) is 0 Å². The smallest absolute Gasteiger partial charge is 0.221 e. The number of rotatable bonds is 9. The van der Waals surface area contributed by atoms with E-state index in [1.165, 1.54) is 13.0 Å². The highest BCUT2D eigenvalue weighted by Gasteiger charge is 2.15. The van der Waals surface area contributed by atoms with Crippen LogP contribution in [0.2, 0.25) is 5.02 Å². The summed E-state index contributed by atoms with van der Waals surface area (Å²) < 4.78 is 26.4. The Morgan fingerprint density at radius 1 is 1.09 bits per heavy atom. The van der Waals surface area contributed by atoms with Crippen molar-refractivity contribution >= 4 is 44.8 Å². The highest BCUT2D eigenvalue weighted by molar-refractivity contribution is 9.10. The van der Waals surface area contributed by atoms with E-state index < -0.39 is 5.82 Å². The quantitative estimate of drug-likeness (QED) is 0.325. The molecule has 2 N–H and O–H groups in total. The molecule has 1 amide bonds. The standard InChI is InChI=1S/C24H23BrClFN2O3/c1-3-31-23-12-16(13-28-17-7-9-18(10-8-17)29-15(2)30)11-20(25)24(23)32-14-19-21(26)5-4-6-22(19)27/h4-12,28H,3,13-14H2,1-2H3,(H,29,30). The monoisotopic (exact) mass is 520 g/mol. The Bertz CT molecular complexity index is 1070. The maximum absolute atomic E-state index is 14.1. The van der Waals surface area contributed by atoms with Crippen LogP contribution in [0.5, 0.6) is 11.5 Å². The third-order valence-electron chi connectivity index (χ3n) is 4.49. The summed E-state index contributed by atoms with van der Waals surface area (Å²) in [5.74, 6) is 0.497. The number of benzene rings is 3. The molecule has 0 saturated heterocycles. The van der Waals surface area contributed by atoms with E-state index in [9.17, 15) is 9.18 Å². The van der Waals surface area contributed by atoms with Gasteiger partial charge in [-0.2, -0.15) is 0 Å². The first kappa shape index (κ1) is 23.9. The van der Waals surface area contributed by atoms with Crippen LogP contribution >= 0.6 is 27.5 Å². The molecular formula is C24H23BrClFN2O3. The normalized spacial score (nSPS) is 10.5. The van der Waals surface area contributed by atoms with Gasteiger partial charge < -0.3 is 20.1 Å². The van der Waals surface area contributed by atoms with Crippen molar-refractivity contribution in [1.29, 1.82) is 0 Å². The first-order valence-electron chi connectivity index (χ1n) is 9.99. The summed E-state index contributed by atoms with van der Waals surface area (Å²) in [5, 5.41) is 6.38. The van der Waals surface area contributed by atoms with Crippen LogP contribution < -0.4 is 20.1 Å². The van der Waals surface area contributed by atoms with Gasteiger partial charge in [-0.25, -0.2) is 4.39 Å². The number of halogens is 3. The van der Waals surface area contributed by atoms with Gasteiger partial charge in [0.2, 0.25) is 5.91 Å². The summed E-state index contributed by atoms with van der Waals surface area (Å²) in [6.45, 7) is 4.32. The molecule has 0 aromatic heterocycles. The van der Waals surface area contributed by atoms with E-state index >= 15 is 0 Å². The molecule has 0 aliphatic heterocycles. The minimum Gasteiger partial charge on any atom is -0.490 e. The van der Waals surface area contributed by atoms with Crippen molar-refractivity contribution in [1.82, 2.24) is 0 Å². The largest absolute Gasteiger partial charge is 0.490 e. The summed E-state index contributed by atoms with van der Waals surface area (Å²) >= 11 is 9.64. The molecular weight excluding hydrogens is 499 g/mol. The van der Waals surface area contributed by atoms with E-state index in [4.69, 9.17) is 21.1 Å². The number of carbonyl (C=O) groups is 1. The Balaban J connectivity index is 1.72. The van der Waals surface area contributed by atoms with Crippen molar-refractivity contribution < 1.29 is 18.7 Å². The van der Waals surface area contributed by atoms with Crippen molar-refractivity contribution in [2.45, 2.75) is 27.0 Å². The van der Waals surface area contributed by atoms with Crippen molar-refractivity contribution in [2.75, 3.05) is 17.2 Å². The van der Waals surface area contributed by atoms with Crippen LogP contribution in [0.3, 0.4) is 0 Å². The molecule has 0 spiro atoms.